The summed E-state index contributed by atoms with van der Waals surface area (Å²) in [6.07, 6.45) is 0. The molecule has 12 aromatic carbocycles. The number of benzene rings is 12. The maximum Gasteiger partial charge on any atom is 0.143 e. The van der Waals surface area contributed by atoms with Crippen molar-refractivity contribution in [2.45, 2.75) is 0 Å². The third kappa shape index (κ3) is 6.42. The molecule has 0 aliphatic carbocycles. The van der Waals surface area contributed by atoms with Gasteiger partial charge < -0.3 is 9.32 Å². The standard InChI is InChI=1S/C64H41NO/c1-2-14-44(15-3-1)61-40-52(32-35-55(61)50-30-27-42-13-4-5-17-47(42)37-50)65(53-33-36-63-62(41-53)59-34-31-45-16-6-9-22-56(45)64(59)66-63)51-20-12-19-48(38-51)43-25-28-46(29-26-43)60-39-49-18-7-8-21-54(49)57-23-10-11-24-58(57)60/h1-41H. The molecule has 1 heterocycles. The van der Waals surface area contributed by atoms with Gasteiger partial charge in [-0.05, 0) is 143 Å². The molecule has 2 nitrogen and oxygen atoms in total. The first kappa shape index (κ1) is 37.8. The zero-order valence-corrected chi connectivity index (χ0v) is 36.0. The van der Waals surface area contributed by atoms with Crippen molar-refractivity contribution in [1.29, 1.82) is 0 Å². The van der Waals surface area contributed by atoms with E-state index >= 15 is 0 Å². The van der Waals surface area contributed by atoms with Crippen LogP contribution in [0.2, 0.25) is 0 Å². The van der Waals surface area contributed by atoms with Gasteiger partial charge >= 0.3 is 0 Å². The van der Waals surface area contributed by atoms with E-state index in [0.29, 0.717) is 0 Å². The molecular weight excluding hydrogens is 799 g/mol. The van der Waals surface area contributed by atoms with Crippen LogP contribution in [0.15, 0.2) is 253 Å². The summed E-state index contributed by atoms with van der Waals surface area (Å²) in [5.74, 6) is 0. The van der Waals surface area contributed by atoms with Crippen LogP contribution in [0.25, 0.3) is 110 Å². The second-order valence-corrected chi connectivity index (χ2v) is 17.3. The van der Waals surface area contributed by atoms with Crippen molar-refractivity contribution in [3.05, 3.63) is 249 Å². The van der Waals surface area contributed by atoms with Crippen molar-refractivity contribution in [3.63, 3.8) is 0 Å². The van der Waals surface area contributed by atoms with Crippen LogP contribution < -0.4 is 4.90 Å². The summed E-state index contributed by atoms with van der Waals surface area (Å²) in [5, 5.41) is 12.0. The lowest BCUT2D eigenvalue weighted by molar-refractivity contribution is 0.672. The Morgan fingerprint density at radius 3 is 1.70 bits per heavy atom. The molecule has 0 atom stereocenters. The zero-order chi connectivity index (χ0) is 43.6. The van der Waals surface area contributed by atoms with Gasteiger partial charge in [-0.1, -0.05) is 188 Å². The third-order valence-corrected chi connectivity index (χ3v) is 13.4. The van der Waals surface area contributed by atoms with E-state index in [-0.39, 0.29) is 0 Å². The Bertz CT molecular complexity index is 3990. The third-order valence-electron chi connectivity index (χ3n) is 13.4. The highest BCUT2D eigenvalue weighted by Crippen LogP contribution is 2.45. The molecule has 2 heteroatoms. The number of nitrogens with zero attached hydrogens (tertiary/aromatic N) is 1. The van der Waals surface area contributed by atoms with E-state index in [1.807, 2.05) is 0 Å². The molecule has 13 aromatic rings. The Labute approximate surface area is 382 Å². The van der Waals surface area contributed by atoms with Gasteiger partial charge in [-0.25, -0.2) is 0 Å². The Morgan fingerprint density at radius 2 is 0.848 bits per heavy atom. The Kier molecular flexibility index (Phi) is 8.89. The van der Waals surface area contributed by atoms with Gasteiger partial charge in [0.2, 0.25) is 0 Å². The molecule has 1 aromatic heterocycles. The van der Waals surface area contributed by atoms with Gasteiger partial charge in [0.25, 0.3) is 0 Å². The normalized spacial score (nSPS) is 11.6. The van der Waals surface area contributed by atoms with Gasteiger partial charge in [0.05, 0.1) is 0 Å². The molecule has 308 valence electrons. The minimum absolute atomic E-state index is 0.870. The van der Waals surface area contributed by atoms with E-state index in [1.54, 1.807) is 0 Å². The quantitative estimate of drug-likeness (QED) is 0.149. The predicted molar refractivity (Wildman–Crippen MR) is 280 cm³/mol. The van der Waals surface area contributed by atoms with E-state index in [9.17, 15) is 0 Å². The van der Waals surface area contributed by atoms with Crippen LogP contribution >= 0.6 is 0 Å². The van der Waals surface area contributed by atoms with Crippen LogP contribution in [-0.2, 0) is 0 Å². The van der Waals surface area contributed by atoms with Crippen LogP contribution in [0.1, 0.15) is 0 Å². The molecule has 0 saturated carbocycles. The lowest BCUT2D eigenvalue weighted by Crippen LogP contribution is -2.10. The highest BCUT2D eigenvalue weighted by atomic mass is 16.3. The second-order valence-electron chi connectivity index (χ2n) is 17.3. The predicted octanol–water partition coefficient (Wildman–Crippen LogP) is 18.3. The Balaban J connectivity index is 0.969. The Hall–Kier alpha value is -8.72. The van der Waals surface area contributed by atoms with Crippen molar-refractivity contribution in [2.24, 2.45) is 0 Å². The molecule has 0 N–H and O–H groups in total. The molecule has 0 saturated heterocycles. The average molecular weight is 840 g/mol. The first-order valence-electron chi connectivity index (χ1n) is 22.6. The molecule has 66 heavy (non-hydrogen) atoms. The van der Waals surface area contributed by atoms with Gasteiger partial charge in [0.15, 0.2) is 0 Å². The molecule has 13 rings (SSSR count). The summed E-state index contributed by atoms with van der Waals surface area (Å²) in [6, 6.07) is 90.4. The first-order valence-corrected chi connectivity index (χ1v) is 22.6. The topological polar surface area (TPSA) is 16.4 Å². The summed E-state index contributed by atoms with van der Waals surface area (Å²) in [4.78, 5) is 2.40. The average Bonchev–Trinajstić information content (AvgIpc) is 3.77. The van der Waals surface area contributed by atoms with E-state index in [0.717, 1.165) is 55.5 Å². The van der Waals surface area contributed by atoms with Crippen molar-refractivity contribution < 1.29 is 4.42 Å². The van der Waals surface area contributed by atoms with Gasteiger partial charge in [-0.3, -0.25) is 0 Å². The number of anilines is 3. The van der Waals surface area contributed by atoms with Crippen LogP contribution in [0.5, 0.6) is 0 Å². The summed E-state index contributed by atoms with van der Waals surface area (Å²) >= 11 is 0. The fourth-order valence-corrected chi connectivity index (χ4v) is 10.2. The summed E-state index contributed by atoms with van der Waals surface area (Å²) < 4.78 is 6.63. The molecule has 0 amide bonds. The maximum atomic E-state index is 6.63. The number of rotatable bonds is 7. The monoisotopic (exact) mass is 839 g/mol. The fraction of sp³-hybridized carbons (Fsp3) is 0. The minimum atomic E-state index is 0.870. The summed E-state index contributed by atoms with van der Waals surface area (Å²) in [7, 11) is 0. The van der Waals surface area contributed by atoms with Crippen LogP contribution in [0.4, 0.5) is 17.1 Å². The van der Waals surface area contributed by atoms with Gasteiger partial charge in [-0.2, -0.15) is 0 Å². The molecule has 0 radical (unpaired) electrons. The number of hydrogen-bond acceptors (Lipinski definition) is 2. The van der Waals surface area contributed by atoms with E-state index in [1.165, 1.54) is 71.1 Å². The van der Waals surface area contributed by atoms with Crippen LogP contribution in [0.3, 0.4) is 0 Å². The largest absolute Gasteiger partial charge is 0.455 e. The molecule has 0 bridgehead atoms. The SMILES string of the molecule is c1ccc(-c2cc(N(c3cccc(-c4ccc(-c5cc6ccccc6c6ccccc56)cc4)c3)c3ccc4oc5c6ccccc6ccc5c4c3)ccc2-c2ccc3ccccc3c2)cc1. The van der Waals surface area contributed by atoms with E-state index in [4.69, 9.17) is 4.42 Å². The minimum Gasteiger partial charge on any atom is -0.455 e. The maximum absolute atomic E-state index is 6.63. The molecule has 0 unspecified atom stereocenters. The number of furan rings is 1. The Morgan fingerprint density at radius 1 is 0.242 bits per heavy atom. The van der Waals surface area contributed by atoms with Crippen molar-refractivity contribution >= 4 is 82.1 Å². The smallest absolute Gasteiger partial charge is 0.143 e. The van der Waals surface area contributed by atoms with Gasteiger partial charge in [0.1, 0.15) is 11.2 Å². The molecule has 0 aliphatic rings. The van der Waals surface area contributed by atoms with Crippen molar-refractivity contribution in [3.8, 4) is 44.5 Å². The molecule has 0 fully saturated rings. The van der Waals surface area contributed by atoms with Crippen LogP contribution in [-0.4, -0.2) is 0 Å². The summed E-state index contributed by atoms with van der Waals surface area (Å²) in [6.45, 7) is 0. The highest BCUT2D eigenvalue weighted by molar-refractivity contribution is 6.16. The van der Waals surface area contributed by atoms with Crippen LogP contribution in [0, 0.1) is 0 Å². The fourth-order valence-electron chi connectivity index (χ4n) is 10.2. The highest BCUT2D eigenvalue weighted by Gasteiger charge is 2.20. The van der Waals surface area contributed by atoms with Crippen molar-refractivity contribution in [1.82, 2.24) is 0 Å². The second kappa shape index (κ2) is 15.5. The lowest BCUT2D eigenvalue weighted by atomic mass is 9.92. The molecular formula is C64H41NO. The van der Waals surface area contributed by atoms with E-state index < -0.39 is 0 Å². The van der Waals surface area contributed by atoms with Gasteiger partial charge in [0, 0.05) is 33.2 Å². The summed E-state index contributed by atoms with van der Waals surface area (Å²) in [5.41, 5.74) is 14.4. The number of fused-ring (bicyclic) bond motifs is 9. The van der Waals surface area contributed by atoms with E-state index in [2.05, 4.69) is 254 Å². The zero-order valence-electron chi connectivity index (χ0n) is 36.0. The molecule has 0 aliphatic heterocycles. The van der Waals surface area contributed by atoms with Gasteiger partial charge in [-0.15, -0.1) is 0 Å². The number of hydrogen-bond donors (Lipinski definition) is 0. The first-order chi connectivity index (χ1) is 32.7. The molecule has 0 spiro atoms. The van der Waals surface area contributed by atoms with Crippen molar-refractivity contribution in [2.75, 3.05) is 4.90 Å². The lowest BCUT2D eigenvalue weighted by Gasteiger charge is -2.27.